The molecule has 0 aliphatic carbocycles. The number of rotatable bonds is 3. The van der Waals surface area contributed by atoms with Crippen LogP contribution in [0.1, 0.15) is 6.42 Å². The molecule has 0 saturated heterocycles. The molecule has 3 N–H and O–H groups in total. The molecule has 50 valence electrons. The van der Waals surface area contributed by atoms with E-state index in [9.17, 15) is 4.21 Å². The zero-order valence-corrected chi connectivity index (χ0v) is 5.83. The zero-order chi connectivity index (χ0) is 6.62. The third-order valence-corrected chi connectivity index (χ3v) is 1.81. The lowest BCUT2D eigenvalue weighted by molar-refractivity contribution is 0.676. The van der Waals surface area contributed by atoms with Crippen molar-refractivity contribution < 1.29 is 4.21 Å². The highest BCUT2D eigenvalue weighted by molar-refractivity contribution is 7.91. The van der Waals surface area contributed by atoms with E-state index in [1.54, 1.807) is 0 Å². The van der Waals surface area contributed by atoms with Crippen molar-refractivity contribution in [3.05, 3.63) is 0 Å². The van der Waals surface area contributed by atoms with Crippen LogP contribution in [0.15, 0.2) is 0 Å². The Balaban J connectivity index is 3.42. The third-order valence-electron chi connectivity index (χ3n) is 0.738. The molecular weight excluding hydrogens is 124 g/mol. The lowest BCUT2D eigenvalue weighted by Gasteiger charge is -1.95. The molecule has 8 heavy (non-hydrogen) atoms. The Hall–Kier alpha value is -0.0900. The fourth-order valence-electron chi connectivity index (χ4n) is 0.359. The molecule has 1 unspecified atom stereocenters. The number of hydrogen-bond donors (Lipinski definition) is 2. The monoisotopic (exact) mass is 136 g/mol. The van der Waals surface area contributed by atoms with Crippen molar-refractivity contribution in [2.45, 2.75) is 6.42 Å². The predicted octanol–water partition coefficient (Wildman–Crippen LogP) is 0.0118. The van der Waals surface area contributed by atoms with Crippen LogP contribution in [-0.4, -0.2) is 22.8 Å². The molecule has 0 aliphatic heterocycles. The molecule has 0 fully saturated rings. The summed E-state index contributed by atoms with van der Waals surface area (Å²) in [6.07, 6.45) is 2.13. The van der Waals surface area contributed by atoms with E-state index in [1.165, 1.54) is 6.26 Å². The van der Waals surface area contributed by atoms with Crippen LogP contribution < -0.4 is 5.73 Å². The minimum Gasteiger partial charge on any atom is -0.330 e. The van der Waals surface area contributed by atoms with Gasteiger partial charge in [-0.25, -0.2) is 0 Å². The van der Waals surface area contributed by atoms with Crippen molar-refractivity contribution in [1.29, 1.82) is 4.78 Å². The van der Waals surface area contributed by atoms with Gasteiger partial charge in [-0.3, -0.25) is 8.99 Å². The van der Waals surface area contributed by atoms with Crippen molar-refractivity contribution in [3.8, 4) is 0 Å². The van der Waals surface area contributed by atoms with Gasteiger partial charge in [0.15, 0.2) is 0 Å². The van der Waals surface area contributed by atoms with Crippen LogP contribution in [0.25, 0.3) is 0 Å². The van der Waals surface area contributed by atoms with Gasteiger partial charge in [0.05, 0.1) is 0 Å². The summed E-state index contributed by atoms with van der Waals surface area (Å²) in [5.41, 5.74) is 5.13. The molecule has 0 aromatic carbocycles. The van der Waals surface area contributed by atoms with Crippen LogP contribution in [0.5, 0.6) is 0 Å². The Morgan fingerprint density at radius 1 is 1.75 bits per heavy atom. The van der Waals surface area contributed by atoms with Gasteiger partial charge >= 0.3 is 0 Å². The fourth-order valence-corrected chi connectivity index (χ4v) is 1.08. The van der Waals surface area contributed by atoms with Gasteiger partial charge in [0, 0.05) is 21.7 Å². The van der Waals surface area contributed by atoms with E-state index in [0.29, 0.717) is 18.7 Å². The highest BCUT2D eigenvalue weighted by Gasteiger charge is 1.93. The SMILES string of the molecule is CS(=N)(=O)CCCN. The Bertz CT molecular complexity index is 138. The smallest absolute Gasteiger partial charge is 0.0412 e. The van der Waals surface area contributed by atoms with Crippen molar-refractivity contribution in [1.82, 2.24) is 0 Å². The minimum atomic E-state index is -2.27. The zero-order valence-electron chi connectivity index (χ0n) is 5.02. The second-order valence-electron chi connectivity index (χ2n) is 1.85. The first-order valence-electron chi connectivity index (χ1n) is 2.48. The van der Waals surface area contributed by atoms with Gasteiger partial charge in [-0.1, -0.05) is 0 Å². The molecule has 0 saturated carbocycles. The predicted molar refractivity (Wildman–Crippen MR) is 35.3 cm³/mol. The lowest BCUT2D eigenvalue weighted by Crippen LogP contribution is -2.07. The molecule has 0 radical (unpaired) electrons. The van der Waals surface area contributed by atoms with E-state index >= 15 is 0 Å². The molecule has 0 rings (SSSR count). The van der Waals surface area contributed by atoms with E-state index in [0.717, 1.165) is 0 Å². The van der Waals surface area contributed by atoms with E-state index in [4.69, 9.17) is 10.5 Å². The molecule has 4 heteroatoms. The summed E-state index contributed by atoms with van der Waals surface area (Å²) in [7, 11) is -2.27. The fraction of sp³-hybridized carbons (Fsp3) is 1.00. The topological polar surface area (TPSA) is 66.9 Å². The molecule has 0 aromatic rings. The molecule has 0 spiro atoms. The van der Waals surface area contributed by atoms with Crippen LogP contribution in [-0.2, 0) is 9.73 Å². The maximum absolute atomic E-state index is 10.6. The van der Waals surface area contributed by atoms with Crippen LogP contribution in [0.3, 0.4) is 0 Å². The quantitative estimate of drug-likeness (QED) is 0.574. The molecule has 0 amide bonds. The van der Waals surface area contributed by atoms with Gasteiger partial charge in [-0.05, 0) is 13.0 Å². The number of nitrogens with two attached hydrogens (primary N) is 1. The van der Waals surface area contributed by atoms with Crippen LogP contribution >= 0.6 is 0 Å². The van der Waals surface area contributed by atoms with Crippen LogP contribution in [0.4, 0.5) is 0 Å². The van der Waals surface area contributed by atoms with Crippen molar-refractivity contribution in [3.63, 3.8) is 0 Å². The first kappa shape index (κ1) is 7.91. The van der Waals surface area contributed by atoms with Crippen molar-refractivity contribution >= 4 is 9.73 Å². The Labute approximate surface area is 50.2 Å². The average molecular weight is 136 g/mol. The van der Waals surface area contributed by atoms with Gasteiger partial charge < -0.3 is 5.73 Å². The first-order valence-corrected chi connectivity index (χ1v) is 4.61. The van der Waals surface area contributed by atoms with Crippen molar-refractivity contribution in [2.75, 3.05) is 18.6 Å². The summed E-state index contributed by atoms with van der Waals surface area (Å²) < 4.78 is 17.5. The largest absolute Gasteiger partial charge is 0.330 e. The lowest BCUT2D eigenvalue weighted by atomic mass is 10.5. The molecular formula is C4H12N2OS. The first-order chi connectivity index (χ1) is 3.56. The normalized spacial score (nSPS) is 17.8. The van der Waals surface area contributed by atoms with Gasteiger partial charge in [0.1, 0.15) is 0 Å². The highest BCUT2D eigenvalue weighted by atomic mass is 32.2. The second-order valence-corrected chi connectivity index (χ2v) is 4.27. The van der Waals surface area contributed by atoms with E-state index in [-0.39, 0.29) is 0 Å². The molecule has 0 bridgehead atoms. The molecule has 3 nitrogen and oxygen atoms in total. The third kappa shape index (κ3) is 5.91. The minimum absolute atomic E-state index is 0.434. The van der Waals surface area contributed by atoms with Crippen LogP contribution in [0.2, 0.25) is 0 Å². The molecule has 0 aliphatic rings. The number of hydrogen-bond acceptors (Lipinski definition) is 3. The summed E-state index contributed by atoms with van der Waals surface area (Å²) in [4.78, 5) is 0. The van der Waals surface area contributed by atoms with Gasteiger partial charge in [0.2, 0.25) is 0 Å². The average Bonchev–Trinajstić information content (AvgIpc) is 1.59. The summed E-state index contributed by atoms with van der Waals surface area (Å²) in [6, 6.07) is 0. The Morgan fingerprint density at radius 2 is 2.25 bits per heavy atom. The summed E-state index contributed by atoms with van der Waals surface area (Å²) >= 11 is 0. The maximum Gasteiger partial charge on any atom is 0.0412 e. The Morgan fingerprint density at radius 3 is 2.38 bits per heavy atom. The molecule has 1 atom stereocenters. The van der Waals surface area contributed by atoms with Gasteiger partial charge in [-0.2, -0.15) is 0 Å². The van der Waals surface area contributed by atoms with E-state index < -0.39 is 9.73 Å². The number of nitrogens with one attached hydrogen (secondary N) is 1. The van der Waals surface area contributed by atoms with E-state index in [2.05, 4.69) is 0 Å². The summed E-state index contributed by atoms with van der Waals surface area (Å²) in [5, 5.41) is 0. The highest BCUT2D eigenvalue weighted by Crippen LogP contribution is 1.86. The standard InChI is InChI=1S/C4H12N2OS/c1-8(6,7)4-2-3-5/h6H,2-5H2,1H3. The summed E-state index contributed by atoms with van der Waals surface area (Å²) in [6.45, 7) is 0.531. The van der Waals surface area contributed by atoms with Gasteiger partial charge in [-0.15, -0.1) is 0 Å². The van der Waals surface area contributed by atoms with E-state index in [1.807, 2.05) is 0 Å². The maximum atomic E-state index is 10.6. The van der Waals surface area contributed by atoms with Crippen LogP contribution in [0, 0.1) is 4.78 Å². The second kappa shape index (κ2) is 3.04. The Kier molecular flexibility index (Phi) is 3.01. The molecule has 0 aromatic heterocycles. The summed E-state index contributed by atoms with van der Waals surface area (Å²) in [5.74, 6) is 0.434. The molecule has 0 heterocycles. The van der Waals surface area contributed by atoms with Crippen molar-refractivity contribution in [2.24, 2.45) is 5.73 Å². The van der Waals surface area contributed by atoms with Gasteiger partial charge in [0.25, 0.3) is 0 Å².